The second-order valence-corrected chi connectivity index (χ2v) is 22.7. The largest absolute Gasteiger partial charge is 0.375 e. The molecule has 0 saturated heterocycles. The first kappa shape index (κ1) is 43.9. The predicted octanol–water partition coefficient (Wildman–Crippen LogP) is 15.9. The Hall–Kier alpha value is -9.25. The maximum Gasteiger partial charge on any atom is 0.333 e. The molecule has 4 aliphatic heterocycles. The minimum absolute atomic E-state index is 0.174. The molecule has 0 radical (unpaired) electrons. The summed E-state index contributed by atoms with van der Waals surface area (Å²) in [5.74, 6) is 0. The molecule has 17 rings (SSSR count). The summed E-state index contributed by atoms with van der Waals surface area (Å²) in [6.07, 6.45) is 0. The smallest absolute Gasteiger partial charge is 0.333 e. The Morgan fingerprint density at radius 3 is 1.10 bits per heavy atom. The van der Waals surface area contributed by atoms with Crippen molar-refractivity contribution in [3.8, 4) is 44.5 Å². The number of nitrogens with zero attached hydrogens (tertiary/aromatic N) is 4. The van der Waals surface area contributed by atoms with E-state index in [1.165, 1.54) is 166 Å². The zero-order chi connectivity index (χ0) is 52.0. The van der Waals surface area contributed by atoms with Gasteiger partial charge >= 0.3 is 13.7 Å². The Labute approximate surface area is 455 Å². The van der Waals surface area contributed by atoms with Gasteiger partial charge in [-0.15, -0.1) is 0 Å². The first-order valence-electron chi connectivity index (χ1n) is 27.7. The average molecular weight is 995 g/mol. The SMILES string of the molecule is Cc1cc(C)c(-c2ccc3c(c2)N(c2ccccc2)c2c4c(c5c6c2N(c2ccccc2)c2cc(-c7c(C)cc(C)cc7C)ccc2B6n2c6ccccc6c6cccc-5c62)-c2cccc5c6ccccc6n(c25)B34)c(C)c1. The Kier molecular flexibility index (Phi) is 8.83. The molecule has 4 nitrogen and oxygen atoms in total. The maximum atomic E-state index is 2.73. The van der Waals surface area contributed by atoms with Crippen molar-refractivity contribution < 1.29 is 0 Å². The molecule has 78 heavy (non-hydrogen) atoms. The molecular weight excluding hydrogens is 942 g/mol. The summed E-state index contributed by atoms with van der Waals surface area (Å²) in [4.78, 5) is 5.36. The number of para-hydroxylation sites is 6. The van der Waals surface area contributed by atoms with E-state index in [1.807, 2.05) is 0 Å². The molecule has 11 aromatic carbocycles. The highest BCUT2D eigenvalue weighted by atomic mass is 15.2. The number of aromatic nitrogens is 2. The lowest BCUT2D eigenvalue weighted by molar-refractivity contribution is 1.21. The van der Waals surface area contributed by atoms with Crippen molar-refractivity contribution in [2.45, 2.75) is 41.5 Å². The average Bonchev–Trinajstić information content (AvgIpc) is 3.59. The van der Waals surface area contributed by atoms with Crippen molar-refractivity contribution in [1.82, 2.24) is 8.96 Å². The second-order valence-electron chi connectivity index (χ2n) is 22.7. The lowest BCUT2D eigenvalue weighted by Gasteiger charge is -2.48. The van der Waals surface area contributed by atoms with Crippen LogP contribution >= 0.6 is 0 Å². The van der Waals surface area contributed by atoms with E-state index in [1.54, 1.807) is 0 Å². The van der Waals surface area contributed by atoms with Gasteiger partial charge in [0.05, 0.1) is 11.4 Å². The number of anilines is 6. The van der Waals surface area contributed by atoms with E-state index in [0.717, 1.165) is 11.4 Å². The van der Waals surface area contributed by atoms with Crippen LogP contribution in [0.4, 0.5) is 34.1 Å². The number of rotatable bonds is 4. The maximum absolute atomic E-state index is 2.73. The van der Waals surface area contributed by atoms with E-state index in [-0.39, 0.29) is 13.7 Å². The number of hydrogen-bond acceptors (Lipinski definition) is 2. The minimum Gasteiger partial charge on any atom is -0.375 e. The van der Waals surface area contributed by atoms with Gasteiger partial charge in [0.2, 0.25) is 0 Å². The zero-order valence-corrected chi connectivity index (χ0v) is 44.6. The van der Waals surface area contributed by atoms with Crippen molar-refractivity contribution in [3.63, 3.8) is 0 Å². The fraction of sp³-hybridized carbons (Fsp3) is 0.0833. The van der Waals surface area contributed by atoms with Gasteiger partial charge in [0.1, 0.15) is 0 Å². The second kappa shape index (κ2) is 15.7. The van der Waals surface area contributed by atoms with Crippen LogP contribution in [0.5, 0.6) is 0 Å². The fourth-order valence-corrected chi connectivity index (χ4v) is 15.6. The molecule has 0 saturated carbocycles. The highest BCUT2D eigenvalue weighted by Crippen LogP contribution is 2.57. The monoisotopic (exact) mass is 994 g/mol. The van der Waals surface area contributed by atoms with Gasteiger partial charge in [-0.1, -0.05) is 169 Å². The number of benzene rings is 11. The van der Waals surface area contributed by atoms with Crippen molar-refractivity contribution in [2.24, 2.45) is 0 Å². The molecule has 2 aromatic heterocycles. The van der Waals surface area contributed by atoms with E-state index in [4.69, 9.17) is 0 Å². The molecule has 0 amide bonds. The Bertz CT molecular complexity index is 4480. The number of fused-ring (bicyclic) bond motifs is 16. The van der Waals surface area contributed by atoms with Gasteiger partial charge in [-0.25, -0.2) is 0 Å². The van der Waals surface area contributed by atoms with E-state index in [9.17, 15) is 0 Å². The molecule has 4 aliphatic rings. The lowest BCUT2D eigenvalue weighted by Crippen LogP contribution is -2.62. The molecule has 13 aromatic rings. The van der Waals surface area contributed by atoms with Gasteiger partial charge in [-0.3, -0.25) is 0 Å². The first-order chi connectivity index (χ1) is 38.2. The Balaban J connectivity index is 1.12. The lowest BCUT2D eigenvalue weighted by atomic mass is 9.40. The van der Waals surface area contributed by atoms with Gasteiger partial charge < -0.3 is 18.8 Å². The number of aryl methyl sites for hydroxylation is 6. The quantitative estimate of drug-likeness (QED) is 0.163. The van der Waals surface area contributed by atoms with Gasteiger partial charge in [0.15, 0.2) is 0 Å². The summed E-state index contributed by atoms with van der Waals surface area (Å²) in [7, 11) is 0. The van der Waals surface area contributed by atoms with Crippen LogP contribution in [0.2, 0.25) is 0 Å². The van der Waals surface area contributed by atoms with Gasteiger partial charge in [-0.05, 0) is 168 Å². The Morgan fingerprint density at radius 1 is 0.321 bits per heavy atom. The Morgan fingerprint density at radius 2 is 0.692 bits per heavy atom. The molecule has 0 atom stereocenters. The molecule has 0 fully saturated rings. The van der Waals surface area contributed by atoms with Crippen LogP contribution in [0, 0.1) is 41.5 Å². The molecule has 6 heterocycles. The van der Waals surface area contributed by atoms with Crippen LogP contribution in [0.3, 0.4) is 0 Å². The normalized spacial score (nSPS) is 13.4. The van der Waals surface area contributed by atoms with Crippen molar-refractivity contribution in [2.75, 3.05) is 9.80 Å². The van der Waals surface area contributed by atoms with Crippen molar-refractivity contribution in [3.05, 3.63) is 240 Å². The third-order valence-corrected chi connectivity index (χ3v) is 18.1. The predicted molar refractivity (Wildman–Crippen MR) is 333 cm³/mol. The summed E-state index contributed by atoms with van der Waals surface area (Å²) in [5.41, 5.74) is 35.5. The highest BCUT2D eigenvalue weighted by Gasteiger charge is 2.52. The minimum atomic E-state index is -0.174. The fourth-order valence-electron chi connectivity index (χ4n) is 15.6. The summed E-state index contributed by atoms with van der Waals surface area (Å²) < 4.78 is 5.47. The summed E-state index contributed by atoms with van der Waals surface area (Å²) >= 11 is 0. The zero-order valence-electron chi connectivity index (χ0n) is 44.6. The van der Waals surface area contributed by atoms with Crippen LogP contribution in [-0.4, -0.2) is 22.7 Å². The topological polar surface area (TPSA) is 16.3 Å². The van der Waals surface area contributed by atoms with Gasteiger partial charge in [-0.2, -0.15) is 0 Å². The van der Waals surface area contributed by atoms with Crippen LogP contribution < -0.4 is 31.7 Å². The highest BCUT2D eigenvalue weighted by molar-refractivity contribution is 6.94. The molecule has 366 valence electrons. The van der Waals surface area contributed by atoms with E-state index in [0.29, 0.717) is 0 Å². The van der Waals surface area contributed by atoms with Crippen molar-refractivity contribution >= 4 is 113 Å². The van der Waals surface area contributed by atoms with E-state index in [2.05, 4.69) is 267 Å². The molecule has 0 spiro atoms. The molecule has 6 heteroatoms. The van der Waals surface area contributed by atoms with Crippen LogP contribution in [0.25, 0.3) is 88.1 Å². The van der Waals surface area contributed by atoms with Crippen LogP contribution in [-0.2, 0) is 0 Å². The third-order valence-electron chi connectivity index (χ3n) is 18.1. The summed E-state index contributed by atoms with van der Waals surface area (Å²) in [5, 5.41) is 5.15. The summed E-state index contributed by atoms with van der Waals surface area (Å²) in [6, 6.07) is 79.3. The van der Waals surface area contributed by atoms with Gasteiger partial charge in [0.25, 0.3) is 0 Å². The van der Waals surface area contributed by atoms with E-state index >= 15 is 0 Å². The molecule has 0 aliphatic carbocycles. The summed E-state index contributed by atoms with van der Waals surface area (Å²) in [6.45, 7) is 13.2. The van der Waals surface area contributed by atoms with Crippen LogP contribution in [0.1, 0.15) is 33.4 Å². The molecule has 0 N–H and O–H groups in total. The van der Waals surface area contributed by atoms with Gasteiger partial charge in [0, 0.05) is 77.5 Å². The third kappa shape index (κ3) is 5.61. The molecule has 0 unspecified atom stereocenters. The molecule has 0 bridgehead atoms. The number of hydrogen-bond donors (Lipinski definition) is 0. The molecular formula is C72H52B2N4. The van der Waals surface area contributed by atoms with E-state index < -0.39 is 0 Å². The van der Waals surface area contributed by atoms with Crippen molar-refractivity contribution in [1.29, 1.82) is 0 Å². The standard InChI is InChI=1S/C72H52B2N4/c1-41-35-43(3)63(44(4)36-41)47-31-33-57-61(39-47)75(49-19-9-7-10-20-49)71-67-65(55-27-17-25-53-51-23-13-15-29-59(51)77(69(53)55)73(57)67)66-56-28-18-26-54-52-24-14-16-30-60(52)78(70(54)56)74-58-34-32-48(64-45(5)37-42(2)38-46(64)6)40-62(58)76(72(71)68(66)74)50-21-11-8-12-22-50/h7-40H,1-6H3. The first-order valence-corrected chi connectivity index (χ1v) is 27.7. The van der Waals surface area contributed by atoms with Crippen LogP contribution in [0.15, 0.2) is 206 Å².